The molecule has 0 saturated carbocycles. The molecule has 13 N–H and O–H groups in total. The van der Waals surface area contributed by atoms with Gasteiger partial charge in [-0.1, -0.05) is 72.8 Å². The van der Waals surface area contributed by atoms with Gasteiger partial charge < -0.3 is 58.1 Å². The third-order valence-electron chi connectivity index (χ3n) is 10.2. The molecule has 0 unspecified atom stereocenters. The van der Waals surface area contributed by atoms with Crippen molar-refractivity contribution in [3.05, 3.63) is 112 Å². The summed E-state index contributed by atoms with van der Waals surface area (Å²) in [5.41, 5.74) is 9.04. The van der Waals surface area contributed by atoms with Gasteiger partial charge in [0, 0.05) is 19.3 Å². The molecule has 22 heteroatoms. The maximum atomic E-state index is 14.1. The number of carboxylic acid groups (broad SMARTS) is 1. The zero-order valence-electron chi connectivity index (χ0n) is 36.7. The normalized spacial score (nSPS) is 15.1. The number of phenols is 1. The minimum absolute atomic E-state index is 0.0726. The number of carboxylic acids is 1. The number of hydrogen-bond acceptors (Lipinski definition) is 13. The third kappa shape index (κ3) is 17.8. The number of hydrazine groups is 1. The molecule has 3 aromatic rings. The van der Waals surface area contributed by atoms with Gasteiger partial charge in [-0.05, 0) is 75.4 Å². The van der Waals surface area contributed by atoms with E-state index in [2.05, 4.69) is 31.9 Å². The summed E-state index contributed by atoms with van der Waals surface area (Å²) in [7, 11) is 0. The fourth-order valence-corrected chi connectivity index (χ4v) is 6.58. The summed E-state index contributed by atoms with van der Waals surface area (Å²) < 4.78 is 0. The van der Waals surface area contributed by atoms with Gasteiger partial charge in [0.05, 0.1) is 12.2 Å². The number of nitrogens with one attached hydrogen (secondary N) is 7. The minimum atomic E-state index is -1.80. The largest absolute Gasteiger partial charge is 0.508 e. The van der Waals surface area contributed by atoms with E-state index in [0.29, 0.717) is 36.1 Å². The number of aromatic hydroxyl groups is 1. The Labute approximate surface area is 380 Å². The van der Waals surface area contributed by atoms with Crippen molar-refractivity contribution in [2.45, 2.75) is 114 Å². The number of rotatable bonds is 27. The van der Waals surface area contributed by atoms with Gasteiger partial charge in [-0.2, -0.15) is 0 Å². The lowest BCUT2D eigenvalue weighted by Gasteiger charge is -2.29. The van der Waals surface area contributed by atoms with Crippen molar-refractivity contribution in [2.24, 2.45) is 5.73 Å². The first kappa shape index (κ1) is 53.2. The van der Waals surface area contributed by atoms with Gasteiger partial charge in [0.15, 0.2) is 11.1 Å². The Morgan fingerprint density at radius 3 is 1.42 bits per heavy atom. The Hall–Kier alpha value is -7.17. The number of phenolic OH excluding ortho intramolecular Hbond substituents is 1. The number of hydrogen-bond donors (Lipinski definition) is 12. The van der Waals surface area contributed by atoms with Crippen LogP contribution < -0.4 is 43.1 Å². The zero-order valence-corrected chi connectivity index (χ0v) is 36.7. The van der Waals surface area contributed by atoms with E-state index in [9.17, 15) is 64.1 Å². The van der Waals surface area contributed by atoms with E-state index < -0.39 is 101 Å². The molecular formula is C44H59N9O13. The van der Waals surface area contributed by atoms with Crippen molar-refractivity contribution >= 4 is 41.4 Å². The van der Waals surface area contributed by atoms with Crippen LogP contribution in [-0.4, -0.2) is 128 Å². The highest BCUT2D eigenvalue weighted by molar-refractivity contribution is 5.97. The van der Waals surface area contributed by atoms with Gasteiger partial charge in [-0.25, -0.2) is 14.9 Å². The number of unbranched alkanes of at least 4 members (excludes halogenated alkanes) is 1. The number of carbonyl (C=O) groups is 7. The molecule has 22 nitrogen and oxygen atoms in total. The maximum Gasteiger partial charge on any atom is 0.326 e. The summed E-state index contributed by atoms with van der Waals surface area (Å²) in [6, 6.07) is 11.9. The smallest absolute Gasteiger partial charge is 0.326 e. The molecule has 0 saturated heterocycles. The van der Waals surface area contributed by atoms with Gasteiger partial charge in [-0.3, -0.25) is 28.8 Å². The van der Waals surface area contributed by atoms with E-state index in [4.69, 9.17) is 5.73 Å². The van der Waals surface area contributed by atoms with E-state index >= 15 is 0 Å². The van der Waals surface area contributed by atoms with Crippen LogP contribution in [-0.2, 0) is 52.8 Å². The van der Waals surface area contributed by atoms with E-state index in [1.165, 1.54) is 31.2 Å². The molecule has 0 aliphatic heterocycles. The fourth-order valence-electron chi connectivity index (χ4n) is 6.58. The number of carbonyl (C=O) groups excluding carboxylic acids is 6. The molecule has 0 fully saturated rings. The van der Waals surface area contributed by atoms with Crippen molar-refractivity contribution in [1.29, 1.82) is 0 Å². The Morgan fingerprint density at radius 1 is 0.561 bits per heavy atom. The summed E-state index contributed by atoms with van der Waals surface area (Å²) >= 11 is 0. The Balaban J connectivity index is 1.81. The number of aliphatic hydroxyl groups is 2. The van der Waals surface area contributed by atoms with Gasteiger partial charge in [0.25, 0.3) is 0 Å². The maximum absolute atomic E-state index is 14.1. The molecule has 66 heavy (non-hydrogen) atoms. The van der Waals surface area contributed by atoms with E-state index in [-0.39, 0.29) is 31.4 Å². The summed E-state index contributed by atoms with van der Waals surface area (Å²) in [5, 5.41) is 65.5. The molecular weight excluding hydrogens is 863 g/mol. The van der Waals surface area contributed by atoms with Crippen molar-refractivity contribution in [2.75, 3.05) is 6.54 Å². The molecule has 358 valence electrons. The Bertz CT molecular complexity index is 2090. The molecule has 0 radical (unpaired) electrons. The van der Waals surface area contributed by atoms with Crippen molar-refractivity contribution in [3.8, 4) is 5.75 Å². The molecule has 3 aromatic carbocycles. The second-order valence-electron chi connectivity index (χ2n) is 15.7. The first-order chi connectivity index (χ1) is 31.3. The molecule has 0 aliphatic carbocycles. The van der Waals surface area contributed by atoms with Crippen molar-refractivity contribution < 1.29 is 59.0 Å². The number of aliphatic carboxylic acids is 1. The van der Waals surface area contributed by atoms with Crippen LogP contribution in [0, 0.1) is 10.1 Å². The molecule has 0 aromatic heterocycles. The number of benzene rings is 3. The predicted molar refractivity (Wildman–Crippen MR) is 237 cm³/mol. The second-order valence-corrected chi connectivity index (χ2v) is 15.7. The van der Waals surface area contributed by atoms with Crippen LogP contribution in [0.4, 0.5) is 0 Å². The zero-order chi connectivity index (χ0) is 48.9. The third-order valence-corrected chi connectivity index (χ3v) is 10.2. The van der Waals surface area contributed by atoms with Gasteiger partial charge in [0.1, 0.15) is 42.0 Å². The van der Waals surface area contributed by atoms with E-state index in [1.807, 2.05) is 5.43 Å². The number of aliphatic hydroxyl groups excluding tert-OH is 2. The van der Waals surface area contributed by atoms with Crippen LogP contribution in [0.1, 0.15) is 56.7 Å². The lowest BCUT2D eigenvalue weighted by Crippen LogP contribution is -2.63. The highest BCUT2D eigenvalue weighted by Crippen LogP contribution is 2.13. The topological polar surface area (TPSA) is 354 Å². The summed E-state index contributed by atoms with van der Waals surface area (Å²) in [5.74, 6) is -7.30. The number of amides is 6. The number of nitrogens with two attached hydrogens (primary N) is 1. The molecule has 0 spiro atoms. The lowest BCUT2D eigenvalue weighted by atomic mass is 10.0. The van der Waals surface area contributed by atoms with Crippen LogP contribution in [0.3, 0.4) is 0 Å². The van der Waals surface area contributed by atoms with Crippen molar-refractivity contribution in [3.63, 3.8) is 0 Å². The van der Waals surface area contributed by atoms with Crippen LogP contribution in [0.15, 0.2) is 84.9 Å². The Kier molecular flexibility index (Phi) is 21.4. The quantitative estimate of drug-likeness (QED) is 0.0235. The molecule has 6 amide bonds. The standard InChI is InChI=1S/C44H59N9O13/c1-25(46-41(60)35(52-53(65)66)24-30-17-19-31(56)20-18-30)38(57)50-37(27(3)55)43(62)51-36(26(2)54)42(61)49-34(23-29-14-8-5-9-15-29)40(59)48-33(22-28-12-6-4-7-13-28)39(58)47-32(44(63)64)16-10-11-21-45/h4-9,12-15,17-20,25-27,32-37,52,54-56H,10-11,16,21-24,45H2,1-3H3,(H,46,60)(H,47,58)(H,48,59)(H,49,61)(H,50,57)(H,51,62)(H,63,64)/t25-,26+,27+,32-,33-,34-,35-,36-,37-/m0/s1. The van der Waals surface area contributed by atoms with Crippen molar-refractivity contribution in [1.82, 2.24) is 37.3 Å². The summed E-state index contributed by atoms with van der Waals surface area (Å²) in [6.45, 7) is 3.82. The molecule has 0 bridgehead atoms. The average molecular weight is 922 g/mol. The van der Waals surface area contributed by atoms with Crippen LogP contribution in [0.2, 0.25) is 0 Å². The average Bonchev–Trinajstić information content (AvgIpc) is 3.27. The highest BCUT2D eigenvalue weighted by atomic mass is 16.7. The lowest BCUT2D eigenvalue weighted by molar-refractivity contribution is -0.548. The molecule has 0 heterocycles. The minimum Gasteiger partial charge on any atom is -0.508 e. The number of nitro groups is 1. The van der Waals surface area contributed by atoms with Crippen LogP contribution >= 0.6 is 0 Å². The summed E-state index contributed by atoms with van der Waals surface area (Å²) in [4.78, 5) is 105. The van der Waals surface area contributed by atoms with E-state index in [1.54, 1.807) is 60.7 Å². The number of nitrogens with zero attached hydrogens (tertiary/aromatic N) is 1. The van der Waals surface area contributed by atoms with E-state index in [0.717, 1.165) is 13.8 Å². The monoisotopic (exact) mass is 921 g/mol. The molecule has 3 rings (SSSR count). The fraction of sp³-hybridized carbons (Fsp3) is 0.432. The highest BCUT2D eigenvalue weighted by Gasteiger charge is 2.36. The SMILES string of the molecule is C[C@H](NC(=O)[C@H](Cc1ccc(O)cc1)N[N+](=O)[O-])C(=O)N[C@H](C(=O)N[C@H](C(=O)N[C@@H](Cc1ccccc1)C(=O)N[C@@H](Cc1ccccc1)C(=O)N[C@@H](CCCCN)C(=O)O)[C@@H](C)O)[C@@H](C)O. The van der Waals surface area contributed by atoms with Crippen LogP contribution in [0.25, 0.3) is 0 Å². The first-order valence-electron chi connectivity index (χ1n) is 21.2. The Morgan fingerprint density at radius 2 is 0.970 bits per heavy atom. The molecule has 0 aliphatic rings. The molecule has 9 atom stereocenters. The first-order valence-corrected chi connectivity index (χ1v) is 21.2. The summed E-state index contributed by atoms with van der Waals surface area (Å²) in [6.07, 6.45) is -2.71. The van der Waals surface area contributed by atoms with Gasteiger partial charge >= 0.3 is 5.97 Å². The second kappa shape index (κ2) is 26.6. The van der Waals surface area contributed by atoms with Gasteiger partial charge in [-0.15, -0.1) is 5.43 Å². The predicted octanol–water partition coefficient (Wildman–Crippen LogP) is -1.53. The van der Waals surface area contributed by atoms with Crippen LogP contribution in [0.5, 0.6) is 5.75 Å². The van der Waals surface area contributed by atoms with Gasteiger partial charge in [0.2, 0.25) is 35.4 Å².